The number of ether oxygens (including phenoxy) is 1. The van der Waals surface area contributed by atoms with Gasteiger partial charge in [-0.15, -0.1) is 0 Å². The average molecular weight is 423 g/mol. The van der Waals surface area contributed by atoms with Crippen LogP contribution < -0.4 is 16.0 Å². The first kappa shape index (κ1) is 23.5. The van der Waals surface area contributed by atoms with E-state index in [9.17, 15) is 4.79 Å². The first-order valence-corrected chi connectivity index (χ1v) is 13.4. The third-order valence-corrected chi connectivity index (χ3v) is 9.42. The van der Waals surface area contributed by atoms with E-state index in [-0.39, 0.29) is 6.09 Å². The van der Waals surface area contributed by atoms with Crippen LogP contribution in [0.1, 0.15) is 47.5 Å². The van der Waals surface area contributed by atoms with Gasteiger partial charge in [0.25, 0.3) is 0 Å². The smallest absolute Gasteiger partial charge is 0.408 e. The normalized spacial score (nSPS) is 17.3. The van der Waals surface area contributed by atoms with Crippen LogP contribution in [0.2, 0.25) is 18.6 Å². The largest absolute Gasteiger partial charge is 0.444 e. The predicted molar refractivity (Wildman–Crippen MR) is 121 cm³/mol. The van der Waals surface area contributed by atoms with Crippen LogP contribution in [-0.4, -0.2) is 50.2 Å². The summed E-state index contributed by atoms with van der Waals surface area (Å²) in [6, 6.07) is 3.88. The van der Waals surface area contributed by atoms with Gasteiger partial charge in [0.15, 0.2) is 8.32 Å². The third kappa shape index (κ3) is 6.60. The highest BCUT2D eigenvalue weighted by Crippen LogP contribution is 2.31. The Morgan fingerprint density at radius 3 is 2.48 bits per heavy atom. The predicted octanol–water partition coefficient (Wildman–Crippen LogP) is 4.16. The summed E-state index contributed by atoms with van der Waals surface area (Å²) in [4.78, 5) is 19.0. The van der Waals surface area contributed by atoms with Crippen molar-refractivity contribution >= 4 is 25.9 Å². The zero-order valence-electron chi connectivity index (χ0n) is 19.0. The maximum atomic E-state index is 12.6. The Balaban J connectivity index is 2.14. The van der Waals surface area contributed by atoms with Crippen molar-refractivity contribution in [1.29, 1.82) is 0 Å². The zero-order valence-corrected chi connectivity index (χ0v) is 20.0. The third-order valence-electron chi connectivity index (χ3n) is 5.75. The van der Waals surface area contributed by atoms with E-state index in [2.05, 4.69) is 42.1 Å². The van der Waals surface area contributed by atoms with Gasteiger partial charge >= 0.3 is 6.09 Å². The number of amides is 1. The van der Waals surface area contributed by atoms with E-state index in [1.165, 1.54) is 0 Å². The van der Waals surface area contributed by atoms with Crippen LogP contribution in [0.5, 0.6) is 0 Å². The second-order valence-corrected chi connectivity index (χ2v) is 14.5. The number of piperidine rings is 1. The Morgan fingerprint density at radius 2 is 1.97 bits per heavy atom. The Morgan fingerprint density at radius 1 is 1.34 bits per heavy atom. The molecule has 1 amide bonds. The number of hydrogen-bond acceptors (Lipinski definition) is 6. The van der Waals surface area contributed by atoms with E-state index in [0.29, 0.717) is 18.0 Å². The fourth-order valence-electron chi connectivity index (χ4n) is 3.17. The Bertz CT molecular complexity index is 695. The van der Waals surface area contributed by atoms with Crippen molar-refractivity contribution in [2.24, 2.45) is 0 Å². The van der Waals surface area contributed by atoms with E-state index < -0.39 is 19.5 Å². The lowest BCUT2D eigenvalue weighted by Gasteiger charge is -2.44. The first-order valence-electron chi connectivity index (χ1n) is 10.4. The van der Waals surface area contributed by atoms with Crippen molar-refractivity contribution in [3.63, 3.8) is 0 Å². The van der Waals surface area contributed by atoms with Crippen LogP contribution in [0.15, 0.2) is 18.3 Å². The topological polar surface area (TPSA) is 89.7 Å². The molecule has 29 heavy (non-hydrogen) atoms. The summed E-state index contributed by atoms with van der Waals surface area (Å²) in [7, 11) is -1.84. The molecule has 2 heterocycles. The van der Waals surface area contributed by atoms with E-state index in [0.717, 1.165) is 31.6 Å². The van der Waals surface area contributed by atoms with Gasteiger partial charge in [-0.05, 0) is 64.4 Å². The maximum Gasteiger partial charge on any atom is 0.408 e. The lowest BCUT2D eigenvalue weighted by atomic mass is 9.88. The van der Waals surface area contributed by atoms with Crippen molar-refractivity contribution in [3.8, 4) is 0 Å². The summed E-state index contributed by atoms with van der Waals surface area (Å²) in [5, 5.41) is 3.15. The zero-order chi connectivity index (χ0) is 21.9. The molecule has 7 nitrogen and oxygen atoms in total. The van der Waals surface area contributed by atoms with Crippen molar-refractivity contribution in [2.75, 3.05) is 30.3 Å². The molecule has 0 bridgehead atoms. The number of nitrogens with zero attached hydrogens (tertiary/aromatic N) is 2. The molecule has 1 aromatic rings. The summed E-state index contributed by atoms with van der Waals surface area (Å²) < 4.78 is 12.0. The Hall–Kier alpha value is -1.80. The minimum Gasteiger partial charge on any atom is -0.444 e. The molecule has 1 saturated heterocycles. The van der Waals surface area contributed by atoms with Crippen molar-refractivity contribution in [3.05, 3.63) is 18.3 Å². The molecule has 0 saturated carbocycles. The molecule has 1 aromatic heterocycles. The number of aromatic nitrogens is 1. The Labute approximate surface area is 176 Å². The van der Waals surface area contributed by atoms with Crippen molar-refractivity contribution in [2.45, 2.75) is 77.2 Å². The highest BCUT2D eigenvalue weighted by Gasteiger charge is 2.40. The van der Waals surface area contributed by atoms with Crippen molar-refractivity contribution < 1.29 is 14.0 Å². The van der Waals surface area contributed by atoms with Crippen LogP contribution in [0, 0.1) is 0 Å². The molecule has 2 rings (SSSR count). The number of nitrogens with two attached hydrogens (primary N) is 1. The number of hydrogen-bond donors (Lipinski definition) is 2. The molecule has 1 aliphatic heterocycles. The lowest BCUT2D eigenvalue weighted by Crippen LogP contribution is -2.60. The standard InChI is InChI=1S/C21H38N4O3Si/c1-16(2)29(6,7)27-15-21(24-19(26)28-20(3,4)5)10-13-25(14-11-21)17-9-8-12-23-18(17)22/h8-9,12,16H,10-11,13-15H2,1-7H3,(H2,22,23)(H,24,26). The molecular weight excluding hydrogens is 384 g/mol. The fraction of sp³-hybridized carbons (Fsp3) is 0.714. The van der Waals surface area contributed by atoms with Crippen LogP contribution in [0.4, 0.5) is 16.3 Å². The second kappa shape index (κ2) is 8.91. The van der Waals surface area contributed by atoms with Gasteiger partial charge in [0, 0.05) is 19.3 Å². The van der Waals surface area contributed by atoms with Crippen LogP contribution in [-0.2, 0) is 9.16 Å². The number of rotatable bonds is 6. The summed E-state index contributed by atoms with van der Waals surface area (Å²) in [5.41, 5.74) is 6.51. The molecule has 0 aliphatic carbocycles. The monoisotopic (exact) mass is 422 g/mol. The molecule has 0 spiro atoms. The molecule has 164 valence electrons. The average Bonchev–Trinajstić information content (AvgIpc) is 2.60. The van der Waals surface area contributed by atoms with E-state index in [4.69, 9.17) is 14.9 Å². The van der Waals surface area contributed by atoms with Gasteiger partial charge in [0.2, 0.25) is 0 Å². The fourth-order valence-corrected chi connectivity index (χ4v) is 4.15. The van der Waals surface area contributed by atoms with Gasteiger partial charge in [-0.25, -0.2) is 9.78 Å². The molecule has 0 atom stereocenters. The van der Waals surface area contributed by atoms with Crippen LogP contribution in [0.25, 0.3) is 0 Å². The molecule has 1 aliphatic rings. The van der Waals surface area contributed by atoms with E-state index in [1.807, 2.05) is 32.9 Å². The number of alkyl carbamates (subject to hydrolysis) is 1. The van der Waals surface area contributed by atoms with Crippen LogP contribution >= 0.6 is 0 Å². The van der Waals surface area contributed by atoms with E-state index in [1.54, 1.807) is 6.20 Å². The minimum absolute atomic E-state index is 0.389. The number of nitrogens with one attached hydrogen (secondary N) is 1. The van der Waals surface area contributed by atoms with Gasteiger partial charge in [0.1, 0.15) is 11.4 Å². The van der Waals surface area contributed by atoms with Crippen molar-refractivity contribution in [1.82, 2.24) is 10.3 Å². The molecular formula is C21H38N4O3Si. The molecule has 1 fully saturated rings. The second-order valence-electron chi connectivity index (χ2n) is 9.85. The quantitative estimate of drug-likeness (QED) is 0.669. The number of carbonyl (C=O) groups excluding carboxylic acids is 1. The molecule has 0 radical (unpaired) electrons. The molecule has 8 heteroatoms. The van der Waals surface area contributed by atoms with Gasteiger partial charge in [-0.2, -0.15) is 0 Å². The first-order chi connectivity index (χ1) is 13.3. The van der Waals surface area contributed by atoms with Gasteiger partial charge in [-0.3, -0.25) is 0 Å². The van der Waals surface area contributed by atoms with Gasteiger partial charge in [0.05, 0.1) is 17.8 Å². The maximum absolute atomic E-state index is 12.6. The Kier molecular flexibility index (Phi) is 7.22. The minimum atomic E-state index is -1.84. The number of anilines is 2. The molecule has 3 N–H and O–H groups in total. The highest BCUT2D eigenvalue weighted by atomic mass is 28.4. The van der Waals surface area contributed by atoms with Gasteiger partial charge in [-0.1, -0.05) is 13.8 Å². The summed E-state index contributed by atoms with van der Waals surface area (Å²) in [6.07, 6.45) is 2.81. The lowest BCUT2D eigenvalue weighted by molar-refractivity contribution is 0.0375. The summed E-state index contributed by atoms with van der Waals surface area (Å²) in [5.74, 6) is 0.532. The molecule has 0 aromatic carbocycles. The summed E-state index contributed by atoms with van der Waals surface area (Å²) in [6.45, 7) is 16.5. The number of nitrogen functional groups attached to an aromatic ring is 1. The van der Waals surface area contributed by atoms with Gasteiger partial charge < -0.3 is 25.1 Å². The SMILES string of the molecule is CC(C)[Si](C)(C)OCC1(NC(=O)OC(C)(C)C)CCN(c2cccnc2N)CC1. The number of pyridine rings is 1. The van der Waals surface area contributed by atoms with E-state index >= 15 is 0 Å². The highest BCUT2D eigenvalue weighted by molar-refractivity contribution is 6.72. The molecule has 0 unspecified atom stereocenters. The number of carbonyl (C=O) groups is 1. The van der Waals surface area contributed by atoms with Crippen LogP contribution in [0.3, 0.4) is 0 Å². The summed E-state index contributed by atoms with van der Waals surface area (Å²) >= 11 is 0.